The number of carboxylic acid groups (broad SMARTS) is 1. The van der Waals surface area contributed by atoms with Crippen LogP contribution in [0.1, 0.15) is 24.5 Å². The molecule has 1 aromatic rings. The first kappa shape index (κ1) is 14.3. The van der Waals surface area contributed by atoms with Gasteiger partial charge < -0.3 is 5.11 Å². The lowest BCUT2D eigenvalue weighted by Crippen LogP contribution is -1.99. The lowest BCUT2D eigenvalue weighted by Gasteiger charge is -1.97. The van der Waals surface area contributed by atoms with Crippen LogP contribution < -0.4 is 0 Å². The molecule has 0 heterocycles. The van der Waals surface area contributed by atoms with Gasteiger partial charge in [-0.1, -0.05) is 35.7 Å². The highest BCUT2D eigenvalue weighted by Gasteiger charge is 1.99. The van der Waals surface area contributed by atoms with E-state index < -0.39 is 5.97 Å². The van der Waals surface area contributed by atoms with Crippen LogP contribution in [-0.2, 0) is 16.0 Å². The number of hydrogen-bond acceptors (Lipinski definition) is 3. The van der Waals surface area contributed by atoms with Crippen molar-refractivity contribution in [1.29, 1.82) is 0 Å². The van der Waals surface area contributed by atoms with Gasteiger partial charge >= 0.3 is 5.97 Å². The molecule has 0 aliphatic carbocycles. The molecule has 0 amide bonds. The molecule has 0 aliphatic rings. The van der Waals surface area contributed by atoms with E-state index >= 15 is 0 Å². The Bertz CT molecular complexity index is 497. The fourth-order valence-corrected chi connectivity index (χ4v) is 1.84. The van der Waals surface area contributed by atoms with Gasteiger partial charge in [0.1, 0.15) is 0 Å². The second-order valence-electron chi connectivity index (χ2n) is 3.66. The van der Waals surface area contributed by atoms with Crippen molar-refractivity contribution in [2.45, 2.75) is 19.8 Å². The first-order valence-electron chi connectivity index (χ1n) is 5.51. The third kappa shape index (κ3) is 6.12. The summed E-state index contributed by atoms with van der Waals surface area (Å²) in [5, 5.41) is 8.78. The van der Waals surface area contributed by atoms with Gasteiger partial charge in [0, 0.05) is 24.7 Å². The Balaban J connectivity index is 2.54. The van der Waals surface area contributed by atoms with E-state index in [2.05, 4.69) is 11.8 Å². The summed E-state index contributed by atoms with van der Waals surface area (Å²) in [5.41, 5.74) is 1.55. The Hall–Kier alpha value is -1.73. The molecule has 0 saturated carbocycles. The van der Waals surface area contributed by atoms with Crippen LogP contribution in [0.2, 0.25) is 0 Å². The Morgan fingerprint density at radius 1 is 1.39 bits per heavy atom. The number of carbonyl (C=O) groups is 2. The zero-order valence-electron chi connectivity index (χ0n) is 10.1. The number of thioether (sulfide) groups is 1. The summed E-state index contributed by atoms with van der Waals surface area (Å²) in [7, 11) is 0. The second kappa shape index (κ2) is 7.57. The molecule has 0 unspecified atom stereocenters. The van der Waals surface area contributed by atoms with Crippen molar-refractivity contribution in [3.8, 4) is 11.8 Å². The summed E-state index contributed by atoms with van der Waals surface area (Å²) in [5.74, 6) is 5.77. The maximum Gasteiger partial charge on any atom is 0.307 e. The van der Waals surface area contributed by atoms with Crippen LogP contribution in [-0.4, -0.2) is 21.9 Å². The molecule has 0 bridgehead atoms. The molecule has 1 aromatic carbocycles. The van der Waals surface area contributed by atoms with Crippen LogP contribution in [0.15, 0.2) is 24.3 Å². The van der Waals surface area contributed by atoms with E-state index in [1.807, 2.05) is 6.07 Å². The van der Waals surface area contributed by atoms with Crippen LogP contribution in [0, 0.1) is 11.8 Å². The molecule has 1 rings (SSSR count). The molecule has 0 fully saturated rings. The number of hydrogen-bond donors (Lipinski definition) is 1. The molecule has 18 heavy (non-hydrogen) atoms. The highest BCUT2D eigenvalue weighted by molar-refractivity contribution is 8.13. The third-order valence-corrected chi connectivity index (χ3v) is 2.86. The van der Waals surface area contributed by atoms with Crippen LogP contribution in [0.25, 0.3) is 0 Å². The van der Waals surface area contributed by atoms with Crippen molar-refractivity contribution in [3.05, 3.63) is 35.4 Å². The molecule has 94 valence electrons. The standard InChI is InChI=1S/C14H14O3S/c1-11(15)18-8-3-2-5-12-6-4-7-13(9-12)10-14(16)17/h4,6-7,9H,3,8,10H2,1H3,(H,16,17). The summed E-state index contributed by atoms with van der Waals surface area (Å²) in [6.45, 7) is 1.54. The van der Waals surface area contributed by atoms with E-state index in [1.54, 1.807) is 18.2 Å². The molecular formula is C14H14O3S. The zero-order chi connectivity index (χ0) is 13.4. The third-order valence-electron chi connectivity index (χ3n) is 2.05. The van der Waals surface area contributed by atoms with E-state index in [4.69, 9.17) is 5.11 Å². The largest absolute Gasteiger partial charge is 0.481 e. The Kier molecular flexibility index (Phi) is 6.03. The Morgan fingerprint density at radius 3 is 2.83 bits per heavy atom. The molecule has 0 atom stereocenters. The number of aliphatic carboxylic acids is 1. The van der Waals surface area contributed by atoms with Gasteiger partial charge in [-0.05, 0) is 17.7 Å². The van der Waals surface area contributed by atoms with Crippen molar-refractivity contribution in [2.75, 3.05) is 5.75 Å². The first-order valence-corrected chi connectivity index (χ1v) is 6.49. The van der Waals surface area contributed by atoms with Crippen LogP contribution in [0.5, 0.6) is 0 Å². The fraction of sp³-hybridized carbons (Fsp3) is 0.286. The summed E-state index contributed by atoms with van der Waals surface area (Å²) in [6.07, 6.45) is 0.656. The van der Waals surface area contributed by atoms with E-state index in [-0.39, 0.29) is 11.5 Å². The van der Waals surface area contributed by atoms with Gasteiger partial charge in [0.2, 0.25) is 0 Å². The molecule has 0 aromatic heterocycles. The van der Waals surface area contributed by atoms with Gasteiger partial charge in [-0.25, -0.2) is 0 Å². The van der Waals surface area contributed by atoms with Gasteiger partial charge in [-0.2, -0.15) is 0 Å². The smallest absolute Gasteiger partial charge is 0.307 e. The van der Waals surface area contributed by atoms with E-state index in [0.717, 1.165) is 11.1 Å². The van der Waals surface area contributed by atoms with Gasteiger partial charge in [0.15, 0.2) is 5.12 Å². The average Bonchev–Trinajstić information content (AvgIpc) is 2.27. The van der Waals surface area contributed by atoms with Gasteiger partial charge in [-0.15, -0.1) is 0 Å². The minimum Gasteiger partial charge on any atom is -0.481 e. The monoisotopic (exact) mass is 262 g/mol. The lowest BCUT2D eigenvalue weighted by atomic mass is 10.1. The van der Waals surface area contributed by atoms with Crippen molar-refractivity contribution in [1.82, 2.24) is 0 Å². The predicted molar refractivity (Wildman–Crippen MR) is 72.4 cm³/mol. The van der Waals surface area contributed by atoms with Crippen molar-refractivity contribution in [3.63, 3.8) is 0 Å². The molecule has 0 radical (unpaired) electrons. The van der Waals surface area contributed by atoms with E-state index in [0.29, 0.717) is 12.2 Å². The Labute approximate surface area is 111 Å². The summed E-state index contributed by atoms with van der Waals surface area (Å²) in [6, 6.07) is 7.19. The SMILES string of the molecule is CC(=O)SCCC#Cc1cccc(CC(=O)O)c1. The molecule has 0 spiro atoms. The summed E-state index contributed by atoms with van der Waals surface area (Å²) in [4.78, 5) is 21.3. The predicted octanol–water partition coefficient (Wildman–Crippen LogP) is 2.33. The molecule has 3 nitrogen and oxygen atoms in total. The summed E-state index contributed by atoms with van der Waals surface area (Å²) >= 11 is 1.26. The first-order chi connectivity index (χ1) is 8.58. The topological polar surface area (TPSA) is 54.4 Å². The number of rotatable bonds is 4. The number of benzene rings is 1. The number of carbonyl (C=O) groups excluding carboxylic acids is 1. The number of carboxylic acids is 1. The van der Waals surface area contributed by atoms with Crippen LogP contribution in [0.4, 0.5) is 0 Å². The van der Waals surface area contributed by atoms with Crippen molar-refractivity contribution in [2.24, 2.45) is 0 Å². The van der Waals surface area contributed by atoms with Gasteiger partial charge in [0.05, 0.1) is 6.42 Å². The minimum absolute atomic E-state index is 0.00963. The normalized spacial score (nSPS) is 9.39. The van der Waals surface area contributed by atoms with E-state index in [9.17, 15) is 9.59 Å². The van der Waals surface area contributed by atoms with Crippen molar-refractivity contribution >= 4 is 22.8 Å². The summed E-state index contributed by atoms with van der Waals surface area (Å²) < 4.78 is 0. The highest BCUT2D eigenvalue weighted by atomic mass is 32.2. The van der Waals surface area contributed by atoms with Crippen LogP contribution >= 0.6 is 11.8 Å². The van der Waals surface area contributed by atoms with E-state index in [1.165, 1.54) is 18.7 Å². The fourth-order valence-electron chi connectivity index (χ4n) is 1.34. The second-order valence-corrected chi connectivity index (χ2v) is 4.93. The minimum atomic E-state index is -0.849. The van der Waals surface area contributed by atoms with Crippen molar-refractivity contribution < 1.29 is 14.7 Å². The molecular weight excluding hydrogens is 248 g/mol. The lowest BCUT2D eigenvalue weighted by molar-refractivity contribution is -0.136. The molecule has 4 heteroatoms. The maximum absolute atomic E-state index is 10.7. The highest BCUT2D eigenvalue weighted by Crippen LogP contribution is 2.06. The van der Waals surface area contributed by atoms with Gasteiger partial charge in [-0.3, -0.25) is 9.59 Å². The molecule has 0 aliphatic heterocycles. The quantitative estimate of drug-likeness (QED) is 0.668. The average molecular weight is 262 g/mol. The zero-order valence-corrected chi connectivity index (χ0v) is 10.9. The van der Waals surface area contributed by atoms with Crippen LogP contribution in [0.3, 0.4) is 0 Å². The molecule has 0 saturated heterocycles. The molecule has 1 N–H and O–H groups in total. The van der Waals surface area contributed by atoms with Gasteiger partial charge in [0.25, 0.3) is 0 Å². The maximum atomic E-state index is 10.7. The Morgan fingerprint density at radius 2 is 2.17 bits per heavy atom.